The van der Waals surface area contributed by atoms with E-state index in [4.69, 9.17) is 33.2 Å². The number of rotatable bonds is 13. The van der Waals surface area contributed by atoms with Gasteiger partial charge in [0.2, 0.25) is 5.91 Å². The lowest BCUT2D eigenvalue weighted by atomic mass is 9.73. The monoisotopic (exact) mass is 863 g/mol. The maximum Gasteiger partial charge on any atom is 0.311 e. The summed E-state index contributed by atoms with van der Waals surface area (Å²) in [4.78, 5) is 28.5. The van der Waals surface area contributed by atoms with Gasteiger partial charge in [-0.1, -0.05) is 27.7 Å². The third kappa shape index (κ3) is 12.4. The number of hydrogen-bond acceptors (Lipinski definition) is 15. The Morgan fingerprint density at radius 2 is 1.58 bits per heavy atom. The Kier molecular flexibility index (Phi) is 19.3. The van der Waals surface area contributed by atoms with Crippen molar-refractivity contribution in [3.05, 3.63) is 0 Å². The minimum absolute atomic E-state index is 0.0304. The van der Waals surface area contributed by atoms with Crippen LogP contribution >= 0.6 is 0 Å². The second kappa shape index (κ2) is 21.9. The van der Waals surface area contributed by atoms with E-state index in [2.05, 4.69) is 10.2 Å². The molecule has 352 valence electrons. The third-order valence-corrected chi connectivity index (χ3v) is 13.8. The van der Waals surface area contributed by atoms with Crippen LogP contribution < -0.4 is 5.32 Å². The van der Waals surface area contributed by atoms with Crippen molar-refractivity contribution in [1.29, 1.82) is 0 Å². The van der Waals surface area contributed by atoms with Gasteiger partial charge in [-0.05, 0) is 94.0 Å². The van der Waals surface area contributed by atoms with Crippen LogP contribution in [0.4, 0.5) is 0 Å². The summed E-state index contributed by atoms with van der Waals surface area (Å²) in [5.74, 6) is -4.02. The SMILES string of the molecule is CC[C@H]1OC(=O)[C@H](C)[C@@H](O[C@H]2C[C@@](C)(OC)[C@@H](O)[C@H](C)O2)[C@H](C)[C@@H](O[C@@H]2O[C@H](C)C[C@H](N(C)C(C)C)[C@H]2O)[C@](C)(O)C[C@@H](C)[C@H](OCCCC(=O)NC)[C@H](C)[C@@H](O)[C@]1(C)O. The third-order valence-electron chi connectivity index (χ3n) is 13.8. The van der Waals surface area contributed by atoms with Gasteiger partial charge in [-0.3, -0.25) is 14.5 Å². The lowest BCUT2D eigenvalue weighted by molar-refractivity contribution is -0.319. The van der Waals surface area contributed by atoms with E-state index in [0.717, 1.165) is 0 Å². The zero-order valence-corrected chi connectivity index (χ0v) is 39.1. The van der Waals surface area contributed by atoms with Crippen LogP contribution in [-0.2, 0) is 42.7 Å². The number of aliphatic hydroxyl groups is 5. The van der Waals surface area contributed by atoms with Gasteiger partial charge in [0.1, 0.15) is 23.9 Å². The molecule has 3 saturated heterocycles. The highest BCUT2D eigenvalue weighted by atomic mass is 16.7. The number of cyclic esters (lactones) is 1. The average molecular weight is 863 g/mol. The molecule has 0 aromatic carbocycles. The van der Waals surface area contributed by atoms with E-state index < -0.39 is 108 Å². The summed E-state index contributed by atoms with van der Waals surface area (Å²) in [7, 11) is 4.99. The molecule has 3 heterocycles. The maximum absolute atomic E-state index is 14.4. The summed E-state index contributed by atoms with van der Waals surface area (Å²) in [6.45, 7) is 21.5. The van der Waals surface area contributed by atoms with Gasteiger partial charge in [-0.15, -0.1) is 0 Å². The van der Waals surface area contributed by atoms with Crippen molar-refractivity contribution in [3.8, 4) is 0 Å². The van der Waals surface area contributed by atoms with Crippen molar-refractivity contribution < 1.29 is 68.3 Å². The first-order chi connectivity index (χ1) is 27.8. The van der Waals surface area contributed by atoms with Crippen LogP contribution in [0.25, 0.3) is 0 Å². The molecule has 0 aliphatic carbocycles. The highest BCUT2D eigenvalue weighted by molar-refractivity contribution is 5.75. The zero-order valence-electron chi connectivity index (χ0n) is 39.1. The summed E-state index contributed by atoms with van der Waals surface area (Å²) in [5, 5.41) is 62.3. The Hall–Kier alpha value is -1.54. The molecule has 1 amide bonds. The van der Waals surface area contributed by atoms with Crippen molar-refractivity contribution >= 4 is 11.9 Å². The van der Waals surface area contributed by atoms with Crippen LogP contribution in [0.5, 0.6) is 0 Å². The fourth-order valence-corrected chi connectivity index (χ4v) is 9.74. The first-order valence-electron chi connectivity index (χ1n) is 22.2. The van der Waals surface area contributed by atoms with Crippen molar-refractivity contribution in [2.45, 2.75) is 218 Å². The number of ether oxygens (including phenoxy) is 7. The van der Waals surface area contributed by atoms with Crippen LogP contribution in [0.15, 0.2) is 0 Å². The summed E-state index contributed by atoms with van der Waals surface area (Å²) in [5.41, 5.74) is -4.73. The Labute approximate surface area is 359 Å². The summed E-state index contributed by atoms with van der Waals surface area (Å²) >= 11 is 0. The zero-order chi connectivity index (χ0) is 45.7. The van der Waals surface area contributed by atoms with Gasteiger partial charge in [-0.2, -0.15) is 0 Å². The van der Waals surface area contributed by atoms with Crippen molar-refractivity contribution in [2.75, 3.05) is 27.8 Å². The molecular weight excluding hydrogens is 780 g/mol. The van der Waals surface area contributed by atoms with Gasteiger partial charge in [-0.25, -0.2) is 0 Å². The van der Waals surface area contributed by atoms with E-state index >= 15 is 0 Å². The molecule has 0 unspecified atom stereocenters. The van der Waals surface area contributed by atoms with Gasteiger partial charge in [0.25, 0.3) is 0 Å². The van der Waals surface area contributed by atoms with Crippen molar-refractivity contribution in [1.82, 2.24) is 10.2 Å². The molecule has 3 aliphatic heterocycles. The van der Waals surface area contributed by atoms with E-state index in [-0.39, 0.29) is 56.4 Å². The molecule has 6 N–H and O–H groups in total. The highest BCUT2D eigenvalue weighted by Gasteiger charge is 2.54. The smallest absolute Gasteiger partial charge is 0.311 e. The second-order valence-corrected chi connectivity index (χ2v) is 19.1. The molecule has 3 fully saturated rings. The number of methoxy groups -OCH3 is 1. The van der Waals surface area contributed by atoms with Crippen LogP contribution in [0.3, 0.4) is 0 Å². The van der Waals surface area contributed by atoms with Crippen molar-refractivity contribution in [2.24, 2.45) is 23.7 Å². The number of amides is 1. The van der Waals surface area contributed by atoms with Crippen molar-refractivity contribution in [3.63, 3.8) is 0 Å². The van der Waals surface area contributed by atoms with Crippen LogP contribution in [0, 0.1) is 23.7 Å². The van der Waals surface area contributed by atoms with Gasteiger partial charge >= 0.3 is 5.97 Å². The fraction of sp³-hybridized carbons (Fsp3) is 0.955. The molecule has 0 saturated carbocycles. The van der Waals surface area contributed by atoms with Crippen LogP contribution in [0.1, 0.15) is 122 Å². The molecule has 0 bridgehead atoms. The van der Waals surface area contributed by atoms with E-state index in [1.165, 1.54) is 14.0 Å². The Morgan fingerprint density at radius 1 is 0.950 bits per heavy atom. The molecule has 60 heavy (non-hydrogen) atoms. The molecule has 16 heteroatoms. The minimum atomic E-state index is -1.93. The van der Waals surface area contributed by atoms with E-state index in [0.29, 0.717) is 12.8 Å². The van der Waals surface area contributed by atoms with Crippen LogP contribution in [0.2, 0.25) is 0 Å². The number of carbonyl (C=O) groups excluding carboxylic acids is 2. The van der Waals surface area contributed by atoms with Gasteiger partial charge in [0.15, 0.2) is 12.6 Å². The molecule has 3 aliphatic rings. The number of hydrogen-bond donors (Lipinski definition) is 6. The molecule has 19 atom stereocenters. The number of likely N-dealkylation sites (N-methyl/N-ethyl adjacent to an activating group) is 1. The molecule has 0 aromatic heterocycles. The minimum Gasteiger partial charge on any atom is -0.459 e. The average Bonchev–Trinajstić information content (AvgIpc) is 3.18. The Bertz CT molecular complexity index is 1350. The van der Waals surface area contributed by atoms with Gasteiger partial charge < -0.3 is 64.0 Å². The topological polar surface area (TPSA) is 215 Å². The summed E-state index contributed by atoms with van der Waals surface area (Å²) in [6, 6.07) is -0.230. The number of nitrogens with one attached hydrogen (secondary N) is 1. The molecular formula is C44H82N2O14. The Morgan fingerprint density at radius 3 is 2.15 bits per heavy atom. The predicted molar refractivity (Wildman–Crippen MR) is 224 cm³/mol. The predicted octanol–water partition coefficient (Wildman–Crippen LogP) is 2.91. The number of aliphatic hydroxyl groups excluding tert-OH is 3. The molecule has 3 rings (SSSR count). The van der Waals surface area contributed by atoms with Crippen LogP contribution in [-0.4, -0.2) is 167 Å². The summed E-state index contributed by atoms with van der Waals surface area (Å²) < 4.78 is 44.4. The molecule has 16 nitrogen and oxygen atoms in total. The quantitative estimate of drug-likeness (QED) is 0.116. The van der Waals surface area contributed by atoms with E-state index in [1.807, 2.05) is 34.7 Å². The lowest BCUT2D eigenvalue weighted by Crippen LogP contribution is -2.62. The first kappa shape index (κ1) is 52.8. The lowest BCUT2D eigenvalue weighted by Gasteiger charge is -2.50. The van der Waals surface area contributed by atoms with Gasteiger partial charge in [0.05, 0.1) is 53.7 Å². The second-order valence-electron chi connectivity index (χ2n) is 19.1. The number of nitrogens with zero attached hydrogens (tertiary/aromatic N) is 1. The first-order valence-corrected chi connectivity index (χ1v) is 22.2. The van der Waals surface area contributed by atoms with E-state index in [9.17, 15) is 35.1 Å². The molecule has 0 radical (unpaired) electrons. The highest BCUT2D eigenvalue weighted by Crippen LogP contribution is 2.42. The number of esters is 1. The van der Waals surface area contributed by atoms with Gasteiger partial charge in [0, 0.05) is 57.5 Å². The molecule has 0 spiro atoms. The standard InChI is InChI=1S/C44H82N2O14/c1-16-31-44(12,53)37(49)26(6)35(55-19-17-18-32(47)45-13)24(4)21-42(10,52)39(60-41-34(48)30(20-25(5)56-41)46(14)23(2)3)27(7)36(28(8)40(51)58-31)59-33-22-43(11,54-15)38(50)29(9)57-33/h23-31,33-39,41,48-50,52-53H,16-22H2,1-15H3,(H,45,47)/t24-,25-,26+,27+,28-,29+,30+,31-,33+,34-,35+,36+,37-,38+,39-,41+,42-,43-,44-/m1/s1. The fourth-order valence-electron chi connectivity index (χ4n) is 9.74. The van der Waals surface area contributed by atoms with E-state index in [1.54, 1.807) is 55.5 Å². The number of carbonyl (C=O) groups is 2. The Balaban J connectivity index is 2.22. The normalized spacial score (nSPS) is 45.3. The largest absolute Gasteiger partial charge is 0.459 e. The summed E-state index contributed by atoms with van der Waals surface area (Å²) in [6.07, 6.45) is -9.49. The molecule has 0 aromatic rings. The maximum atomic E-state index is 14.4.